The molecule has 4 nitrogen and oxygen atoms in total. The minimum atomic E-state index is -0.918. The summed E-state index contributed by atoms with van der Waals surface area (Å²) in [5.41, 5.74) is 0.786. The molecule has 2 rings (SSSR count). The van der Waals surface area contributed by atoms with Gasteiger partial charge in [-0.15, -0.1) is 11.3 Å². The van der Waals surface area contributed by atoms with Crippen molar-refractivity contribution < 1.29 is 14.7 Å². The van der Waals surface area contributed by atoms with E-state index in [-0.39, 0.29) is 11.8 Å². The van der Waals surface area contributed by atoms with Crippen molar-refractivity contribution in [2.24, 2.45) is 5.92 Å². The largest absolute Gasteiger partial charge is 0.477 e. The van der Waals surface area contributed by atoms with Crippen LogP contribution in [0.4, 0.5) is 5.00 Å². The summed E-state index contributed by atoms with van der Waals surface area (Å²) in [4.78, 5) is 23.3. The van der Waals surface area contributed by atoms with Crippen molar-refractivity contribution in [2.45, 2.75) is 39.0 Å². The van der Waals surface area contributed by atoms with Crippen molar-refractivity contribution in [1.29, 1.82) is 0 Å². The van der Waals surface area contributed by atoms with Crippen LogP contribution in [0, 0.1) is 5.92 Å². The van der Waals surface area contributed by atoms with Crippen molar-refractivity contribution in [3.05, 3.63) is 16.5 Å². The molecule has 0 unspecified atom stereocenters. The fourth-order valence-electron chi connectivity index (χ4n) is 2.35. The minimum absolute atomic E-state index is 0.0355. The Morgan fingerprint density at radius 1 is 1.44 bits per heavy atom. The average Bonchev–Trinajstić information content (AvgIpc) is 2.97. The van der Waals surface area contributed by atoms with Crippen molar-refractivity contribution in [3.8, 4) is 0 Å². The van der Waals surface area contributed by atoms with Gasteiger partial charge in [-0.2, -0.15) is 0 Å². The van der Waals surface area contributed by atoms with Crippen molar-refractivity contribution in [1.82, 2.24) is 0 Å². The second kappa shape index (κ2) is 5.52. The Hall–Kier alpha value is -1.36. The predicted octanol–water partition coefficient (Wildman–Crippen LogP) is 3.14. The second-order valence-electron chi connectivity index (χ2n) is 4.59. The third-order valence-corrected chi connectivity index (χ3v) is 4.44. The van der Waals surface area contributed by atoms with E-state index in [0.717, 1.165) is 42.6 Å². The van der Waals surface area contributed by atoms with Crippen molar-refractivity contribution in [3.63, 3.8) is 0 Å². The van der Waals surface area contributed by atoms with E-state index in [1.807, 2.05) is 6.92 Å². The van der Waals surface area contributed by atoms with Crippen LogP contribution in [0.25, 0.3) is 0 Å². The molecule has 98 valence electrons. The molecule has 1 saturated carbocycles. The Bertz CT molecular complexity index is 461. The molecule has 1 aromatic heterocycles. The van der Waals surface area contributed by atoms with Gasteiger partial charge in [-0.25, -0.2) is 4.79 Å². The van der Waals surface area contributed by atoms with Gasteiger partial charge in [0.25, 0.3) is 0 Å². The highest BCUT2D eigenvalue weighted by molar-refractivity contribution is 7.18. The first-order valence-corrected chi connectivity index (χ1v) is 7.10. The van der Waals surface area contributed by atoms with E-state index in [1.165, 1.54) is 0 Å². The Kier molecular flexibility index (Phi) is 4.01. The Balaban J connectivity index is 2.09. The SMILES string of the molecule is CCc1cc(NC(=O)C2CCCC2)sc1C(=O)O. The van der Waals surface area contributed by atoms with Gasteiger partial charge in [-0.1, -0.05) is 19.8 Å². The number of amides is 1. The topological polar surface area (TPSA) is 66.4 Å². The molecule has 0 radical (unpaired) electrons. The number of rotatable bonds is 4. The molecule has 18 heavy (non-hydrogen) atoms. The van der Waals surface area contributed by atoms with Gasteiger partial charge in [0.1, 0.15) is 4.88 Å². The molecule has 1 heterocycles. The number of aromatic carboxylic acids is 1. The number of hydrogen-bond donors (Lipinski definition) is 2. The maximum absolute atomic E-state index is 11.9. The first-order valence-electron chi connectivity index (χ1n) is 6.28. The van der Waals surface area contributed by atoms with Gasteiger partial charge in [0.2, 0.25) is 5.91 Å². The van der Waals surface area contributed by atoms with E-state index >= 15 is 0 Å². The number of anilines is 1. The van der Waals surface area contributed by atoms with Gasteiger partial charge >= 0.3 is 5.97 Å². The zero-order valence-electron chi connectivity index (χ0n) is 10.4. The smallest absolute Gasteiger partial charge is 0.346 e. The molecule has 1 aromatic rings. The lowest BCUT2D eigenvalue weighted by Gasteiger charge is -2.07. The number of aryl methyl sites for hydroxylation is 1. The lowest BCUT2D eigenvalue weighted by Crippen LogP contribution is -2.19. The summed E-state index contributed by atoms with van der Waals surface area (Å²) in [6, 6.07) is 1.78. The summed E-state index contributed by atoms with van der Waals surface area (Å²) in [6.45, 7) is 1.91. The lowest BCUT2D eigenvalue weighted by molar-refractivity contribution is -0.119. The number of carbonyl (C=O) groups excluding carboxylic acids is 1. The molecule has 1 aliphatic carbocycles. The standard InChI is InChI=1S/C13H17NO3S/c1-2-8-7-10(18-11(8)13(16)17)14-12(15)9-5-3-4-6-9/h7,9H,2-6H2,1H3,(H,14,15)(H,16,17). The highest BCUT2D eigenvalue weighted by Gasteiger charge is 2.23. The summed E-state index contributed by atoms with van der Waals surface area (Å²) in [5.74, 6) is -0.781. The number of hydrogen-bond acceptors (Lipinski definition) is 3. The molecule has 5 heteroatoms. The third kappa shape index (κ3) is 2.72. The fourth-order valence-corrected chi connectivity index (χ4v) is 3.34. The quantitative estimate of drug-likeness (QED) is 0.880. The Morgan fingerprint density at radius 3 is 2.61 bits per heavy atom. The number of carboxylic acid groups (broad SMARTS) is 1. The molecule has 0 atom stereocenters. The maximum atomic E-state index is 11.9. The van der Waals surface area contributed by atoms with Crippen molar-refractivity contribution >= 4 is 28.2 Å². The number of carboxylic acids is 1. The van der Waals surface area contributed by atoms with Gasteiger partial charge in [0.15, 0.2) is 0 Å². The van der Waals surface area contributed by atoms with E-state index in [0.29, 0.717) is 16.3 Å². The van der Waals surface area contributed by atoms with Crippen LogP contribution in [0.1, 0.15) is 47.8 Å². The molecule has 2 N–H and O–H groups in total. The minimum Gasteiger partial charge on any atom is -0.477 e. The zero-order valence-corrected chi connectivity index (χ0v) is 11.2. The third-order valence-electron chi connectivity index (χ3n) is 3.36. The molecule has 0 aromatic carbocycles. The average molecular weight is 267 g/mol. The highest BCUT2D eigenvalue weighted by atomic mass is 32.1. The molecule has 0 bridgehead atoms. The Morgan fingerprint density at radius 2 is 2.11 bits per heavy atom. The zero-order chi connectivity index (χ0) is 13.1. The highest BCUT2D eigenvalue weighted by Crippen LogP contribution is 2.30. The number of carbonyl (C=O) groups is 2. The van der Waals surface area contributed by atoms with Crippen LogP contribution >= 0.6 is 11.3 Å². The van der Waals surface area contributed by atoms with E-state index in [9.17, 15) is 9.59 Å². The van der Waals surface area contributed by atoms with E-state index in [4.69, 9.17) is 5.11 Å². The Labute approximate surface area is 110 Å². The monoisotopic (exact) mass is 267 g/mol. The van der Waals surface area contributed by atoms with Gasteiger partial charge in [-0.3, -0.25) is 4.79 Å². The van der Waals surface area contributed by atoms with Gasteiger partial charge in [0.05, 0.1) is 5.00 Å². The number of nitrogens with one attached hydrogen (secondary N) is 1. The molecule has 1 amide bonds. The lowest BCUT2D eigenvalue weighted by atomic mass is 10.1. The number of thiophene rings is 1. The first-order chi connectivity index (χ1) is 8.61. The molecule has 0 saturated heterocycles. The summed E-state index contributed by atoms with van der Waals surface area (Å²) in [7, 11) is 0. The predicted molar refractivity (Wildman–Crippen MR) is 71.2 cm³/mol. The van der Waals surface area contributed by atoms with Gasteiger partial charge in [0, 0.05) is 5.92 Å². The summed E-state index contributed by atoms with van der Waals surface area (Å²) in [6.07, 6.45) is 4.79. The van der Waals surface area contributed by atoms with Crippen LogP contribution in [0.15, 0.2) is 6.07 Å². The summed E-state index contributed by atoms with van der Waals surface area (Å²) < 4.78 is 0. The van der Waals surface area contributed by atoms with Gasteiger partial charge in [-0.05, 0) is 30.9 Å². The molecule has 1 fully saturated rings. The molecule has 0 aliphatic heterocycles. The van der Waals surface area contributed by atoms with E-state index in [2.05, 4.69) is 5.32 Å². The van der Waals surface area contributed by atoms with Crippen LogP contribution in [-0.2, 0) is 11.2 Å². The van der Waals surface area contributed by atoms with Crippen LogP contribution in [0.5, 0.6) is 0 Å². The van der Waals surface area contributed by atoms with Crippen LogP contribution in [-0.4, -0.2) is 17.0 Å². The fraction of sp³-hybridized carbons (Fsp3) is 0.538. The maximum Gasteiger partial charge on any atom is 0.346 e. The summed E-state index contributed by atoms with van der Waals surface area (Å²) in [5, 5.41) is 12.6. The van der Waals surface area contributed by atoms with Gasteiger partial charge < -0.3 is 10.4 Å². The van der Waals surface area contributed by atoms with Crippen LogP contribution in [0.2, 0.25) is 0 Å². The molecule has 0 spiro atoms. The van der Waals surface area contributed by atoms with E-state index in [1.54, 1.807) is 6.07 Å². The van der Waals surface area contributed by atoms with Crippen molar-refractivity contribution in [2.75, 3.05) is 5.32 Å². The summed E-state index contributed by atoms with van der Waals surface area (Å²) >= 11 is 1.15. The first kappa shape index (κ1) is 13.1. The van der Waals surface area contributed by atoms with Crippen LogP contribution in [0.3, 0.4) is 0 Å². The normalized spacial score (nSPS) is 15.8. The second-order valence-corrected chi connectivity index (χ2v) is 5.65. The molecular formula is C13H17NO3S. The van der Waals surface area contributed by atoms with Crippen LogP contribution < -0.4 is 5.32 Å². The molecule has 1 aliphatic rings. The van der Waals surface area contributed by atoms with E-state index < -0.39 is 5.97 Å². The molecular weight excluding hydrogens is 250 g/mol.